The quantitative estimate of drug-likeness (QED) is 0.618. The predicted octanol–water partition coefficient (Wildman–Crippen LogP) is 3.22. The third-order valence-corrected chi connectivity index (χ3v) is 6.02. The van der Waals surface area contributed by atoms with Gasteiger partial charge in [0.1, 0.15) is 12.7 Å². The Morgan fingerprint density at radius 2 is 2.00 bits per heavy atom. The van der Waals surface area contributed by atoms with Crippen LogP contribution in [0.4, 0.5) is 5.69 Å². The zero-order valence-corrected chi connectivity index (χ0v) is 17.7. The summed E-state index contributed by atoms with van der Waals surface area (Å²) in [5.41, 5.74) is 2.74. The predicted molar refractivity (Wildman–Crippen MR) is 117 cm³/mol. The van der Waals surface area contributed by atoms with Crippen molar-refractivity contribution in [3.05, 3.63) is 66.7 Å². The molecule has 0 radical (unpaired) electrons. The number of aromatic nitrogens is 3. The van der Waals surface area contributed by atoms with Crippen LogP contribution in [0.2, 0.25) is 0 Å². The van der Waals surface area contributed by atoms with Crippen LogP contribution in [0.25, 0.3) is 5.69 Å². The lowest BCUT2D eigenvalue weighted by molar-refractivity contribution is -0.126. The number of carbonyl (C=O) groups excluding carboxylic acids is 2. The third kappa shape index (κ3) is 4.23. The molecule has 2 heterocycles. The molecular formula is C22H23N5O2S. The molecule has 0 unspecified atom stereocenters. The van der Waals surface area contributed by atoms with E-state index < -0.39 is 0 Å². The summed E-state index contributed by atoms with van der Waals surface area (Å²) in [7, 11) is 0. The van der Waals surface area contributed by atoms with Gasteiger partial charge in [0.15, 0.2) is 0 Å². The van der Waals surface area contributed by atoms with E-state index in [2.05, 4.69) is 15.4 Å². The van der Waals surface area contributed by atoms with E-state index in [0.717, 1.165) is 21.8 Å². The Labute approximate surface area is 179 Å². The molecule has 2 atom stereocenters. The first-order valence-corrected chi connectivity index (χ1v) is 11.0. The summed E-state index contributed by atoms with van der Waals surface area (Å²) in [5.74, 6) is -0.467. The number of nitrogens with one attached hydrogen (secondary N) is 1. The maximum Gasteiger partial charge on any atom is 0.227 e. The molecule has 2 amide bonds. The number of nitrogens with zero attached hydrogens (tertiary/aromatic N) is 4. The minimum Gasteiger partial charge on any atom is -0.349 e. The molecule has 2 aromatic carbocycles. The van der Waals surface area contributed by atoms with Crippen molar-refractivity contribution in [1.82, 2.24) is 20.1 Å². The fraction of sp³-hybridized carbons (Fsp3) is 0.273. The number of benzene rings is 2. The second-order valence-corrected chi connectivity index (χ2v) is 8.15. The van der Waals surface area contributed by atoms with Gasteiger partial charge in [-0.15, -0.1) is 11.8 Å². The summed E-state index contributed by atoms with van der Waals surface area (Å²) in [6.45, 7) is 2.35. The average molecular weight is 422 g/mol. The molecule has 0 aliphatic carbocycles. The highest BCUT2D eigenvalue weighted by Crippen LogP contribution is 2.28. The molecule has 0 saturated carbocycles. The Bertz CT molecular complexity index is 1040. The van der Waals surface area contributed by atoms with Crippen molar-refractivity contribution >= 4 is 29.3 Å². The number of hydrogen-bond donors (Lipinski definition) is 1. The number of amides is 2. The van der Waals surface area contributed by atoms with Crippen LogP contribution in [-0.4, -0.2) is 39.4 Å². The van der Waals surface area contributed by atoms with Crippen molar-refractivity contribution in [3.8, 4) is 5.69 Å². The summed E-state index contributed by atoms with van der Waals surface area (Å²) in [6, 6.07) is 15.5. The van der Waals surface area contributed by atoms with Gasteiger partial charge in [-0.2, -0.15) is 5.10 Å². The van der Waals surface area contributed by atoms with Gasteiger partial charge >= 0.3 is 0 Å². The molecule has 0 spiro atoms. The highest BCUT2D eigenvalue weighted by atomic mass is 32.2. The highest BCUT2D eigenvalue weighted by molar-refractivity contribution is 7.98. The van der Waals surface area contributed by atoms with Crippen molar-refractivity contribution in [1.29, 1.82) is 0 Å². The van der Waals surface area contributed by atoms with Gasteiger partial charge in [0.25, 0.3) is 0 Å². The number of rotatable bonds is 6. The molecule has 30 heavy (non-hydrogen) atoms. The topological polar surface area (TPSA) is 80.1 Å². The van der Waals surface area contributed by atoms with Gasteiger partial charge in [-0.1, -0.05) is 18.2 Å². The van der Waals surface area contributed by atoms with Crippen LogP contribution in [0.15, 0.2) is 66.1 Å². The van der Waals surface area contributed by atoms with Crippen LogP contribution in [-0.2, 0) is 9.59 Å². The number of anilines is 1. The lowest BCUT2D eigenvalue weighted by Crippen LogP contribution is -2.34. The van der Waals surface area contributed by atoms with Crippen molar-refractivity contribution in [2.45, 2.75) is 24.3 Å². The Hall–Kier alpha value is -3.13. The summed E-state index contributed by atoms with van der Waals surface area (Å²) in [4.78, 5) is 32.1. The molecule has 7 nitrogen and oxygen atoms in total. The number of hydrogen-bond acceptors (Lipinski definition) is 5. The van der Waals surface area contributed by atoms with Gasteiger partial charge in [-0.25, -0.2) is 9.67 Å². The molecule has 4 rings (SSSR count). The van der Waals surface area contributed by atoms with E-state index in [1.165, 1.54) is 6.33 Å². The van der Waals surface area contributed by atoms with E-state index in [9.17, 15) is 9.59 Å². The molecule has 8 heteroatoms. The maximum atomic E-state index is 12.8. The average Bonchev–Trinajstić information content (AvgIpc) is 3.44. The van der Waals surface area contributed by atoms with Gasteiger partial charge in [0, 0.05) is 23.5 Å². The van der Waals surface area contributed by atoms with Gasteiger partial charge in [-0.3, -0.25) is 9.59 Å². The molecule has 154 valence electrons. The summed E-state index contributed by atoms with van der Waals surface area (Å²) >= 11 is 1.63. The molecule has 1 aliphatic rings. The van der Waals surface area contributed by atoms with Crippen LogP contribution in [0.5, 0.6) is 0 Å². The summed E-state index contributed by atoms with van der Waals surface area (Å²) in [5, 5.41) is 7.16. The van der Waals surface area contributed by atoms with Crippen LogP contribution in [0.1, 0.15) is 24.9 Å². The zero-order valence-electron chi connectivity index (χ0n) is 16.9. The Balaban J connectivity index is 1.39. The SMILES string of the molecule is CSc1cccc(N2C[C@H](C(=O)N[C@@H](C)c3ccc(-n4cncn4)cc3)CC2=O)c1. The lowest BCUT2D eigenvalue weighted by atomic mass is 10.0. The minimum atomic E-state index is -0.354. The normalized spacial score (nSPS) is 17.2. The Morgan fingerprint density at radius 1 is 1.20 bits per heavy atom. The van der Waals surface area contributed by atoms with Gasteiger partial charge in [0.05, 0.1) is 17.6 Å². The van der Waals surface area contributed by atoms with Crippen molar-refractivity contribution in [2.24, 2.45) is 5.92 Å². The molecular weight excluding hydrogens is 398 g/mol. The molecule has 0 bridgehead atoms. The fourth-order valence-electron chi connectivity index (χ4n) is 3.58. The van der Waals surface area contributed by atoms with E-state index in [0.29, 0.717) is 6.54 Å². The maximum absolute atomic E-state index is 12.8. The van der Waals surface area contributed by atoms with E-state index in [-0.39, 0.29) is 30.2 Å². The fourth-order valence-corrected chi connectivity index (χ4v) is 4.04. The van der Waals surface area contributed by atoms with Gasteiger partial charge in [-0.05, 0) is 49.1 Å². The third-order valence-electron chi connectivity index (χ3n) is 5.30. The van der Waals surface area contributed by atoms with Crippen molar-refractivity contribution in [2.75, 3.05) is 17.7 Å². The van der Waals surface area contributed by atoms with Gasteiger partial charge in [0.2, 0.25) is 11.8 Å². The monoisotopic (exact) mass is 421 g/mol. The second kappa shape index (κ2) is 8.71. The first-order valence-electron chi connectivity index (χ1n) is 9.75. The first-order chi connectivity index (χ1) is 14.5. The largest absolute Gasteiger partial charge is 0.349 e. The van der Waals surface area contributed by atoms with E-state index >= 15 is 0 Å². The smallest absolute Gasteiger partial charge is 0.227 e. The molecule has 1 fully saturated rings. The highest BCUT2D eigenvalue weighted by Gasteiger charge is 2.35. The molecule has 3 aromatic rings. The van der Waals surface area contributed by atoms with Crippen LogP contribution in [0, 0.1) is 5.92 Å². The van der Waals surface area contributed by atoms with Crippen LogP contribution >= 0.6 is 11.8 Å². The van der Waals surface area contributed by atoms with E-state index in [1.807, 2.05) is 61.7 Å². The van der Waals surface area contributed by atoms with Crippen LogP contribution in [0.3, 0.4) is 0 Å². The standard InChI is InChI=1S/C22H23N5O2S/c1-15(16-6-8-18(9-7-16)27-14-23-13-24-27)25-22(29)17-10-21(28)26(12-17)19-4-3-5-20(11-19)30-2/h3-9,11,13-15,17H,10,12H2,1-2H3,(H,25,29)/t15-,17+/m0/s1. The molecule has 1 saturated heterocycles. The lowest BCUT2D eigenvalue weighted by Gasteiger charge is -2.19. The molecule has 1 N–H and O–H groups in total. The molecule has 1 aromatic heterocycles. The summed E-state index contributed by atoms with van der Waals surface area (Å²) < 4.78 is 1.68. The number of carbonyl (C=O) groups is 2. The van der Waals surface area contributed by atoms with E-state index in [4.69, 9.17) is 0 Å². The van der Waals surface area contributed by atoms with Gasteiger partial charge < -0.3 is 10.2 Å². The Morgan fingerprint density at radius 3 is 2.70 bits per heavy atom. The minimum absolute atomic E-state index is 0.0155. The van der Waals surface area contributed by atoms with Crippen molar-refractivity contribution < 1.29 is 9.59 Å². The second-order valence-electron chi connectivity index (χ2n) is 7.27. The van der Waals surface area contributed by atoms with Crippen molar-refractivity contribution in [3.63, 3.8) is 0 Å². The summed E-state index contributed by atoms with van der Waals surface area (Å²) in [6.07, 6.45) is 5.35. The first kappa shape index (κ1) is 20.2. The van der Waals surface area contributed by atoms with Crippen LogP contribution < -0.4 is 10.2 Å². The Kier molecular flexibility index (Phi) is 5.85. The van der Waals surface area contributed by atoms with E-state index in [1.54, 1.807) is 27.7 Å². The zero-order chi connectivity index (χ0) is 21.1. The number of thioether (sulfide) groups is 1. The molecule has 1 aliphatic heterocycles.